The first-order valence-corrected chi connectivity index (χ1v) is 11.8. The molecule has 2 heterocycles. The Morgan fingerprint density at radius 3 is 2.40 bits per heavy atom. The molecule has 4 rings (SSSR count). The van der Waals surface area contributed by atoms with E-state index in [0.717, 1.165) is 16.4 Å². The summed E-state index contributed by atoms with van der Waals surface area (Å²) in [6.07, 6.45) is 0. The van der Waals surface area contributed by atoms with Gasteiger partial charge >= 0.3 is 0 Å². The fourth-order valence-electron chi connectivity index (χ4n) is 3.18. The van der Waals surface area contributed by atoms with Gasteiger partial charge in [0.15, 0.2) is 10.8 Å². The Morgan fingerprint density at radius 1 is 1.10 bits per heavy atom. The molecule has 0 saturated carbocycles. The second-order valence-corrected chi connectivity index (χ2v) is 10.9. The molecule has 156 valence electrons. The van der Waals surface area contributed by atoms with Crippen LogP contribution in [0.1, 0.15) is 25.2 Å². The van der Waals surface area contributed by atoms with E-state index in [0.29, 0.717) is 32.5 Å². The number of nitrogens with one attached hydrogen (secondary N) is 2. The normalized spacial score (nSPS) is 17.7. The lowest BCUT2D eigenvalue weighted by atomic mass is 10.1. The molecule has 1 atom stereocenters. The van der Waals surface area contributed by atoms with E-state index in [9.17, 15) is 0 Å². The van der Waals surface area contributed by atoms with Gasteiger partial charge in [-0.3, -0.25) is 5.73 Å². The summed E-state index contributed by atoms with van der Waals surface area (Å²) in [4.78, 5) is 9.33. The second kappa shape index (κ2) is 8.48. The van der Waals surface area contributed by atoms with E-state index < -0.39 is 4.99 Å². The van der Waals surface area contributed by atoms with Gasteiger partial charge in [-0.2, -0.15) is 0 Å². The lowest BCUT2D eigenvalue weighted by Crippen LogP contribution is -2.39. The molecular formula is C21H21Cl2N5S2. The maximum Gasteiger partial charge on any atom is 0.170 e. The minimum atomic E-state index is -1.05. The van der Waals surface area contributed by atoms with Gasteiger partial charge in [0.25, 0.3) is 0 Å². The van der Waals surface area contributed by atoms with Crippen LogP contribution in [-0.2, 0) is 4.99 Å². The summed E-state index contributed by atoms with van der Waals surface area (Å²) >= 11 is 16.0. The van der Waals surface area contributed by atoms with Gasteiger partial charge in [0.2, 0.25) is 0 Å². The number of thioether (sulfide) groups is 2. The van der Waals surface area contributed by atoms with Crippen molar-refractivity contribution in [2.75, 3.05) is 10.6 Å². The summed E-state index contributed by atoms with van der Waals surface area (Å²) in [5.41, 5.74) is 8.97. The van der Waals surface area contributed by atoms with Crippen LogP contribution in [0.4, 0.5) is 17.2 Å². The molecule has 1 unspecified atom stereocenters. The van der Waals surface area contributed by atoms with E-state index in [4.69, 9.17) is 28.9 Å². The van der Waals surface area contributed by atoms with Gasteiger partial charge in [0.1, 0.15) is 16.5 Å². The van der Waals surface area contributed by atoms with Crippen LogP contribution in [0.2, 0.25) is 10.0 Å². The Morgan fingerprint density at radius 2 is 1.77 bits per heavy atom. The summed E-state index contributed by atoms with van der Waals surface area (Å²) in [7, 11) is 0. The van der Waals surface area contributed by atoms with Crippen molar-refractivity contribution in [3.05, 3.63) is 63.9 Å². The average Bonchev–Trinajstić information content (AvgIpc) is 2.99. The zero-order valence-corrected chi connectivity index (χ0v) is 19.8. The van der Waals surface area contributed by atoms with Gasteiger partial charge in [-0.15, -0.1) is 11.8 Å². The molecule has 9 heteroatoms. The Labute approximate surface area is 194 Å². The molecule has 0 fully saturated rings. The predicted octanol–water partition coefficient (Wildman–Crippen LogP) is 6.62. The molecule has 0 amide bonds. The molecule has 30 heavy (non-hydrogen) atoms. The summed E-state index contributed by atoms with van der Waals surface area (Å²) in [6.45, 7) is 6.21. The number of hydrogen-bond donors (Lipinski definition) is 3. The highest BCUT2D eigenvalue weighted by molar-refractivity contribution is 8.00. The molecule has 1 aromatic heterocycles. The number of anilines is 3. The fraction of sp³-hybridized carbons (Fsp3) is 0.238. The third-order valence-corrected chi connectivity index (χ3v) is 7.14. The summed E-state index contributed by atoms with van der Waals surface area (Å²) in [6, 6.07) is 13.6. The Hall–Kier alpha value is -1.64. The lowest BCUT2D eigenvalue weighted by Gasteiger charge is -2.26. The summed E-state index contributed by atoms with van der Waals surface area (Å²) in [5.74, 6) is 1.30. The van der Waals surface area contributed by atoms with Gasteiger partial charge in [0.05, 0.1) is 0 Å². The molecule has 0 bridgehead atoms. The lowest BCUT2D eigenvalue weighted by molar-refractivity contribution is 0.770. The quantitative estimate of drug-likeness (QED) is 0.281. The third-order valence-electron chi connectivity index (χ3n) is 4.38. The van der Waals surface area contributed by atoms with Crippen molar-refractivity contribution < 1.29 is 0 Å². The highest BCUT2D eigenvalue weighted by Crippen LogP contribution is 2.52. The van der Waals surface area contributed by atoms with Crippen LogP contribution in [0, 0.1) is 6.92 Å². The maximum absolute atomic E-state index is 6.70. The molecule has 1 aliphatic heterocycles. The number of aryl methyl sites for hydroxylation is 1. The molecule has 3 aromatic rings. The molecule has 0 radical (unpaired) electrons. The first-order valence-electron chi connectivity index (χ1n) is 9.38. The number of nitrogens with zero attached hydrogens (tertiary/aromatic N) is 2. The van der Waals surface area contributed by atoms with E-state index in [1.54, 1.807) is 18.2 Å². The molecule has 0 spiro atoms. The minimum absolute atomic E-state index is 0.496. The Kier molecular flexibility index (Phi) is 6.10. The Bertz CT molecular complexity index is 1070. The summed E-state index contributed by atoms with van der Waals surface area (Å²) in [5, 5.41) is 9.00. The van der Waals surface area contributed by atoms with E-state index in [1.165, 1.54) is 16.7 Å². The molecule has 0 saturated heterocycles. The monoisotopic (exact) mass is 477 g/mol. The van der Waals surface area contributed by atoms with Crippen LogP contribution in [-0.4, -0.2) is 15.2 Å². The molecular weight excluding hydrogens is 457 g/mol. The number of hydrogen-bond acceptors (Lipinski definition) is 7. The SMILES string of the molecule is Cc1nc(Nc2ccc(SC(C)C)cc2)c2c(n1)SC(N)(c1c(Cl)cccc1Cl)N2. The van der Waals surface area contributed by atoms with Crippen molar-refractivity contribution in [3.63, 3.8) is 0 Å². The maximum atomic E-state index is 6.70. The van der Waals surface area contributed by atoms with Crippen molar-refractivity contribution in [2.24, 2.45) is 5.73 Å². The molecule has 5 nitrogen and oxygen atoms in total. The first-order chi connectivity index (χ1) is 14.2. The van der Waals surface area contributed by atoms with Crippen molar-refractivity contribution in [2.45, 2.75) is 40.9 Å². The van der Waals surface area contributed by atoms with E-state index >= 15 is 0 Å². The van der Waals surface area contributed by atoms with Crippen LogP contribution in [0.15, 0.2) is 52.4 Å². The standard InChI is InChI=1S/C21H21Cl2N5S2/c1-11(2)29-14-9-7-13(8-10-14)27-19-18-20(26-12(3)25-19)30-21(24,28-18)17-15(22)5-4-6-16(17)23/h4-11,28H,24H2,1-3H3,(H,25,26,27). The molecule has 1 aliphatic rings. The van der Waals surface area contributed by atoms with Crippen LogP contribution in [0.3, 0.4) is 0 Å². The number of fused-ring (bicyclic) bond motifs is 1. The largest absolute Gasteiger partial charge is 0.350 e. The second-order valence-electron chi connectivity index (χ2n) is 7.17. The average molecular weight is 478 g/mol. The fourth-order valence-corrected chi connectivity index (χ4v) is 6.03. The van der Waals surface area contributed by atoms with Crippen LogP contribution in [0.25, 0.3) is 0 Å². The van der Waals surface area contributed by atoms with E-state index in [-0.39, 0.29) is 0 Å². The number of halogens is 2. The predicted molar refractivity (Wildman–Crippen MR) is 129 cm³/mol. The van der Waals surface area contributed by atoms with Crippen molar-refractivity contribution in [3.8, 4) is 0 Å². The number of benzene rings is 2. The van der Waals surface area contributed by atoms with Crippen molar-refractivity contribution in [1.29, 1.82) is 0 Å². The van der Waals surface area contributed by atoms with Gasteiger partial charge < -0.3 is 10.6 Å². The zero-order valence-electron chi connectivity index (χ0n) is 16.7. The van der Waals surface area contributed by atoms with Crippen LogP contribution in [0.5, 0.6) is 0 Å². The highest BCUT2D eigenvalue weighted by atomic mass is 35.5. The first kappa shape index (κ1) is 21.6. The van der Waals surface area contributed by atoms with E-state index in [1.807, 2.05) is 30.8 Å². The molecule has 4 N–H and O–H groups in total. The van der Waals surface area contributed by atoms with Crippen LogP contribution >= 0.6 is 46.7 Å². The van der Waals surface area contributed by atoms with Gasteiger partial charge in [0, 0.05) is 31.4 Å². The van der Waals surface area contributed by atoms with Crippen LogP contribution < -0.4 is 16.4 Å². The topological polar surface area (TPSA) is 75.9 Å². The molecule has 0 aliphatic carbocycles. The number of rotatable bonds is 5. The number of nitrogens with two attached hydrogens (primary N) is 1. The van der Waals surface area contributed by atoms with Gasteiger partial charge in [-0.25, -0.2) is 9.97 Å². The smallest absolute Gasteiger partial charge is 0.170 e. The van der Waals surface area contributed by atoms with E-state index in [2.05, 4.69) is 46.6 Å². The Balaban J connectivity index is 1.65. The zero-order chi connectivity index (χ0) is 21.5. The van der Waals surface area contributed by atoms with Crippen molar-refractivity contribution >= 4 is 63.9 Å². The molecule has 2 aromatic carbocycles. The van der Waals surface area contributed by atoms with Gasteiger partial charge in [-0.1, -0.05) is 54.9 Å². The number of aromatic nitrogens is 2. The minimum Gasteiger partial charge on any atom is -0.350 e. The third kappa shape index (κ3) is 4.36. The van der Waals surface area contributed by atoms with Gasteiger partial charge in [-0.05, 0) is 43.3 Å². The van der Waals surface area contributed by atoms with Crippen molar-refractivity contribution in [1.82, 2.24) is 9.97 Å². The highest BCUT2D eigenvalue weighted by Gasteiger charge is 2.41. The summed E-state index contributed by atoms with van der Waals surface area (Å²) < 4.78 is 0.